The molecule has 2 rings (SSSR count). The van der Waals surface area contributed by atoms with Gasteiger partial charge in [0.2, 0.25) is 10.0 Å². The number of nitrogens with zero attached hydrogens (tertiary/aromatic N) is 2. The molecule has 1 saturated carbocycles. The maximum atomic E-state index is 12.2. The minimum absolute atomic E-state index is 0.0538. The molecule has 0 spiro atoms. The summed E-state index contributed by atoms with van der Waals surface area (Å²) in [5, 5.41) is 9.02. The largest absolute Gasteiger partial charge is 0.302 e. The third-order valence-electron chi connectivity index (χ3n) is 4.34. The molecule has 1 aliphatic carbocycles. The molecule has 6 heteroatoms. The first kappa shape index (κ1) is 16.0. The summed E-state index contributed by atoms with van der Waals surface area (Å²) >= 11 is 0. The summed E-state index contributed by atoms with van der Waals surface area (Å²) in [6.07, 6.45) is 3.16. The van der Waals surface area contributed by atoms with Crippen LogP contribution in [0.3, 0.4) is 0 Å². The molecule has 0 radical (unpaired) electrons. The van der Waals surface area contributed by atoms with Crippen LogP contribution in [0.2, 0.25) is 0 Å². The fourth-order valence-electron chi connectivity index (χ4n) is 2.62. The summed E-state index contributed by atoms with van der Waals surface area (Å²) in [6.45, 7) is 0.428. The SMILES string of the molecule is CN(C)C1(CNS(=O)(=O)Cc2ccccc2C#N)CCC1. The maximum absolute atomic E-state index is 12.2. The maximum Gasteiger partial charge on any atom is 0.215 e. The van der Waals surface area contributed by atoms with Crippen molar-refractivity contribution in [3.8, 4) is 6.07 Å². The molecule has 0 atom stereocenters. The number of likely N-dealkylation sites (N-methyl/N-ethyl adjacent to an activating group) is 1. The van der Waals surface area contributed by atoms with Crippen LogP contribution in [0.4, 0.5) is 0 Å². The molecule has 21 heavy (non-hydrogen) atoms. The fraction of sp³-hybridized carbons (Fsp3) is 0.533. The number of rotatable bonds is 6. The lowest BCUT2D eigenvalue weighted by molar-refractivity contribution is 0.0656. The highest BCUT2D eigenvalue weighted by Crippen LogP contribution is 2.35. The minimum Gasteiger partial charge on any atom is -0.302 e. The van der Waals surface area contributed by atoms with E-state index in [-0.39, 0.29) is 11.3 Å². The lowest BCUT2D eigenvalue weighted by atomic mass is 9.76. The number of benzene rings is 1. The molecule has 1 aliphatic rings. The summed E-state index contributed by atoms with van der Waals surface area (Å²) in [7, 11) is 0.531. The Morgan fingerprint density at radius 3 is 2.52 bits per heavy atom. The van der Waals surface area contributed by atoms with Gasteiger partial charge in [0.1, 0.15) is 0 Å². The summed E-state index contributed by atoms with van der Waals surface area (Å²) in [5.74, 6) is -0.153. The van der Waals surface area contributed by atoms with Crippen molar-refractivity contribution < 1.29 is 8.42 Å². The molecule has 0 bridgehead atoms. The van der Waals surface area contributed by atoms with Gasteiger partial charge in [-0.05, 0) is 45.0 Å². The molecule has 0 aromatic heterocycles. The van der Waals surface area contributed by atoms with Crippen molar-refractivity contribution in [2.24, 2.45) is 0 Å². The second kappa shape index (κ2) is 6.14. The molecule has 114 valence electrons. The van der Waals surface area contributed by atoms with Gasteiger partial charge in [-0.2, -0.15) is 5.26 Å². The molecule has 0 aliphatic heterocycles. The zero-order chi connectivity index (χ0) is 15.5. The van der Waals surface area contributed by atoms with E-state index in [0.717, 1.165) is 19.3 Å². The zero-order valence-electron chi connectivity index (χ0n) is 12.5. The molecule has 0 heterocycles. The van der Waals surface area contributed by atoms with Gasteiger partial charge in [-0.15, -0.1) is 0 Å². The monoisotopic (exact) mass is 307 g/mol. The van der Waals surface area contributed by atoms with E-state index in [1.807, 2.05) is 20.2 Å². The normalized spacial score (nSPS) is 17.2. The van der Waals surface area contributed by atoms with Crippen LogP contribution in [0.1, 0.15) is 30.4 Å². The van der Waals surface area contributed by atoms with Crippen molar-refractivity contribution >= 4 is 10.0 Å². The molecule has 1 fully saturated rings. The Morgan fingerprint density at radius 2 is 2.00 bits per heavy atom. The van der Waals surface area contributed by atoms with Gasteiger partial charge < -0.3 is 4.90 Å². The van der Waals surface area contributed by atoms with Crippen LogP contribution in [0.25, 0.3) is 0 Å². The van der Waals surface area contributed by atoms with E-state index in [9.17, 15) is 8.42 Å². The molecular weight excluding hydrogens is 286 g/mol. The second-order valence-corrected chi connectivity index (χ2v) is 7.63. The molecule has 0 unspecified atom stereocenters. The Hall–Kier alpha value is -1.42. The van der Waals surface area contributed by atoms with E-state index >= 15 is 0 Å². The lowest BCUT2D eigenvalue weighted by Crippen LogP contribution is -2.57. The molecule has 1 aromatic carbocycles. The first-order valence-electron chi connectivity index (χ1n) is 7.01. The lowest BCUT2D eigenvalue weighted by Gasteiger charge is -2.47. The zero-order valence-corrected chi connectivity index (χ0v) is 13.3. The van der Waals surface area contributed by atoms with Crippen LogP contribution >= 0.6 is 0 Å². The predicted molar refractivity (Wildman–Crippen MR) is 82.1 cm³/mol. The van der Waals surface area contributed by atoms with Crippen LogP contribution in [-0.4, -0.2) is 39.5 Å². The predicted octanol–water partition coefficient (Wildman–Crippen LogP) is 1.46. The average Bonchev–Trinajstić information content (AvgIpc) is 2.37. The molecule has 1 aromatic rings. The summed E-state index contributed by atoms with van der Waals surface area (Å²) in [4.78, 5) is 2.10. The fourth-order valence-corrected chi connectivity index (χ4v) is 3.87. The van der Waals surface area contributed by atoms with Gasteiger partial charge in [0, 0.05) is 12.1 Å². The quantitative estimate of drug-likeness (QED) is 0.863. The van der Waals surface area contributed by atoms with Crippen molar-refractivity contribution in [2.45, 2.75) is 30.6 Å². The van der Waals surface area contributed by atoms with Gasteiger partial charge in [0.25, 0.3) is 0 Å². The topological polar surface area (TPSA) is 73.2 Å². The number of nitrogens with one attached hydrogen (secondary N) is 1. The van der Waals surface area contributed by atoms with Crippen molar-refractivity contribution in [2.75, 3.05) is 20.6 Å². The molecular formula is C15H21N3O2S. The van der Waals surface area contributed by atoms with Crippen molar-refractivity contribution in [1.82, 2.24) is 9.62 Å². The Kier molecular flexibility index (Phi) is 4.67. The smallest absolute Gasteiger partial charge is 0.215 e. The Morgan fingerprint density at radius 1 is 1.33 bits per heavy atom. The molecule has 0 amide bonds. The van der Waals surface area contributed by atoms with Gasteiger partial charge >= 0.3 is 0 Å². The van der Waals surface area contributed by atoms with E-state index in [4.69, 9.17) is 5.26 Å². The van der Waals surface area contributed by atoms with Crippen LogP contribution < -0.4 is 4.72 Å². The second-order valence-electron chi connectivity index (χ2n) is 5.82. The van der Waals surface area contributed by atoms with Crippen molar-refractivity contribution in [1.29, 1.82) is 5.26 Å². The number of hydrogen-bond donors (Lipinski definition) is 1. The van der Waals surface area contributed by atoms with Crippen molar-refractivity contribution in [3.05, 3.63) is 35.4 Å². The number of nitriles is 1. The van der Waals surface area contributed by atoms with Gasteiger partial charge in [0.05, 0.1) is 17.4 Å². The third kappa shape index (κ3) is 3.62. The summed E-state index contributed by atoms with van der Waals surface area (Å²) in [5.41, 5.74) is 0.899. The summed E-state index contributed by atoms with van der Waals surface area (Å²) < 4.78 is 27.2. The highest BCUT2D eigenvalue weighted by Gasteiger charge is 2.39. The van der Waals surface area contributed by atoms with E-state index in [1.54, 1.807) is 24.3 Å². The van der Waals surface area contributed by atoms with Crippen LogP contribution in [-0.2, 0) is 15.8 Å². The Bertz CT molecular complexity index is 643. The van der Waals surface area contributed by atoms with Gasteiger partial charge in [-0.25, -0.2) is 13.1 Å². The summed E-state index contributed by atoms with van der Waals surface area (Å²) in [6, 6.07) is 8.83. The first-order chi connectivity index (χ1) is 9.88. The molecule has 1 N–H and O–H groups in total. The molecule has 0 saturated heterocycles. The Balaban J connectivity index is 2.04. The van der Waals surface area contributed by atoms with Gasteiger partial charge in [0.15, 0.2) is 0 Å². The van der Waals surface area contributed by atoms with Crippen LogP contribution in [0.5, 0.6) is 0 Å². The van der Waals surface area contributed by atoms with Gasteiger partial charge in [-0.3, -0.25) is 0 Å². The van der Waals surface area contributed by atoms with Crippen LogP contribution in [0, 0.1) is 11.3 Å². The van der Waals surface area contributed by atoms with E-state index < -0.39 is 10.0 Å². The number of hydrogen-bond acceptors (Lipinski definition) is 4. The van der Waals surface area contributed by atoms with Crippen molar-refractivity contribution in [3.63, 3.8) is 0 Å². The minimum atomic E-state index is -3.44. The first-order valence-corrected chi connectivity index (χ1v) is 8.67. The van der Waals surface area contributed by atoms with E-state index in [0.29, 0.717) is 17.7 Å². The van der Waals surface area contributed by atoms with Crippen LogP contribution in [0.15, 0.2) is 24.3 Å². The highest BCUT2D eigenvalue weighted by molar-refractivity contribution is 7.88. The Labute approximate surface area is 126 Å². The third-order valence-corrected chi connectivity index (χ3v) is 5.61. The highest BCUT2D eigenvalue weighted by atomic mass is 32.2. The average molecular weight is 307 g/mol. The standard InChI is InChI=1S/C15H21N3O2S/c1-18(2)15(8-5-9-15)12-17-21(19,20)11-14-7-4-3-6-13(14)10-16/h3-4,6-7,17H,5,8-9,11-12H2,1-2H3. The molecule has 5 nitrogen and oxygen atoms in total. The van der Waals surface area contributed by atoms with Gasteiger partial charge in [-0.1, -0.05) is 18.2 Å². The van der Waals surface area contributed by atoms with E-state index in [2.05, 4.69) is 9.62 Å². The van der Waals surface area contributed by atoms with E-state index in [1.165, 1.54) is 0 Å². The number of sulfonamides is 1.